The highest BCUT2D eigenvalue weighted by molar-refractivity contribution is 7.99. The van der Waals surface area contributed by atoms with Crippen LogP contribution >= 0.6 is 23.1 Å². The first-order valence-corrected chi connectivity index (χ1v) is 13.5. The number of thiophene rings is 1. The molecule has 0 saturated carbocycles. The van der Waals surface area contributed by atoms with Crippen LogP contribution in [0.3, 0.4) is 0 Å². The van der Waals surface area contributed by atoms with E-state index >= 15 is 0 Å². The number of anilines is 1. The number of aromatic nitrogens is 3. The number of benzene rings is 2. The molecule has 1 aliphatic carbocycles. The van der Waals surface area contributed by atoms with Gasteiger partial charge in [-0.2, -0.15) is 5.26 Å². The lowest BCUT2D eigenvalue weighted by molar-refractivity contribution is -0.113. The number of nitrogens with one attached hydrogen (secondary N) is 1. The fraction of sp³-hybridized carbons (Fsp3) is 0.259. The van der Waals surface area contributed by atoms with Crippen LogP contribution in [0.25, 0.3) is 0 Å². The molecule has 0 aliphatic heterocycles. The van der Waals surface area contributed by atoms with Gasteiger partial charge in [0.1, 0.15) is 16.9 Å². The standard InChI is InChI=1S/C27H25N5OS2/c28-16-22-21-13-7-8-14-23(21)35-26(22)29-25(33)18-34-27-31-30-24(15-19-9-3-1-4-10-19)32(27)17-20-11-5-2-6-12-20/h1-6,9-12H,7-8,13-15,17-18H2,(H,29,33). The first-order valence-electron chi connectivity index (χ1n) is 11.7. The van der Waals surface area contributed by atoms with Gasteiger partial charge >= 0.3 is 0 Å². The normalized spacial score (nSPS) is 12.7. The molecular formula is C27H25N5OS2. The SMILES string of the molecule is N#Cc1c(NC(=O)CSc2nnc(Cc3ccccc3)n2Cc2ccccc2)sc2c1CCCC2. The van der Waals surface area contributed by atoms with Gasteiger partial charge in [-0.05, 0) is 42.4 Å². The number of nitriles is 1. The molecule has 1 aliphatic rings. The summed E-state index contributed by atoms with van der Waals surface area (Å²) in [5.74, 6) is 0.927. The van der Waals surface area contributed by atoms with Gasteiger partial charge in [-0.15, -0.1) is 21.5 Å². The number of nitrogens with zero attached hydrogens (tertiary/aromatic N) is 4. The van der Waals surface area contributed by atoms with Gasteiger partial charge in [-0.3, -0.25) is 4.79 Å². The van der Waals surface area contributed by atoms with Gasteiger partial charge in [-0.1, -0.05) is 72.4 Å². The zero-order valence-electron chi connectivity index (χ0n) is 19.2. The smallest absolute Gasteiger partial charge is 0.235 e. The van der Waals surface area contributed by atoms with Gasteiger partial charge in [0.15, 0.2) is 5.16 Å². The number of carbonyl (C=O) groups excluding carboxylic acids is 1. The number of fused-ring (bicyclic) bond motifs is 1. The Bertz CT molecular complexity index is 1360. The summed E-state index contributed by atoms with van der Waals surface area (Å²) >= 11 is 2.92. The lowest BCUT2D eigenvalue weighted by Crippen LogP contribution is -2.15. The maximum Gasteiger partial charge on any atom is 0.235 e. The Balaban J connectivity index is 1.32. The molecule has 176 valence electrons. The molecule has 6 nitrogen and oxygen atoms in total. The highest BCUT2D eigenvalue weighted by Crippen LogP contribution is 2.37. The van der Waals surface area contributed by atoms with Crippen molar-refractivity contribution in [2.45, 2.75) is 43.8 Å². The molecule has 5 rings (SSSR count). The van der Waals surface area contributed by atoms with Crippen molar-refractivity contribution < 1.29 is 4.79 Å². The Labute approximate surface area is 213 Å². The largest absolute Gasteiger partial charge is 0.316 e. The number of carbonyl (C=O) groups is 1. The lowest BCUT2D eigenvalue weighted by atomic mass is 9.96. The minimum atomic E-state index is -0.135. The highest BCUT2D eigenvalue weighted by Gasteiger charge is 2.22. The van der Waals surface area contributed by atoms with Crippen LogP contribution in [0, 0.1) is 11.3 Å². The van der Waals surface area contributed by atoms with E-state index in [2.05, 4.69) is 50.4 Å². The van der Waals surface area contributed by atoms with E-state index in [1.54, 1.807) is 11.3 Å². The summed E-state index contributed by atoms with van der Waals surface area (Å²) in [6, 6.07) is 22.7. The monoisotopic (exact) mass is 499 g/mol. The first kappa shape index (κ1) is 23.3. The van der Waals surface area contributed by atoms with Gasteiger partial charge in [0.2, 0.25) is 5.91 Å². The minimum Gasteiger partial charge on any atom is -0.316 e. The van der Waals surface area contributed by atoms with Crippen molar-refractivity contribution in [3.63, 3.8) is 0 Å². The zero-order chi connectivity index (χ0) is 24.0. The van der Waals surface area contributed by atoms with Crippen molar-refractivity contribution in [3.8, 4) is 6.07 Å². The van der Waals surface area contributed by atoms with E-state index in [0.29, 0.717) is 28.7 Å². The summed E-state index contributed by atoms with van der Waals surface area (Å²) in [4.78, 5) is 14.1. The van der Waals surface area contributed by atoms with Crippen molar-refractivity contribution in [1.29, 1.82) is 5.26 Å². The van der Waals surface area contributed by atoms with E-state index in [4.69, 9.17) is 0 Å². The van der Waals surface area contributed by atoms with Gasteiger partial charge < -0.3 is 9.88 Å². The summed E-state index contributed by atoms with van der Waals surface area (Å²) < 4.78 is 2.09. The second-order valence-corrected chi connectivity index (χ2v) is 10.5. The van der Waals surface area contributed by atoms with Gasteiger partial charge in [-0.25, -0.2) is 0 Å². The molecule has 2 aromatic heterocycles. The second kappa shape index (κ2) is 10.9. The molecule has 0 bridgehead atoms. The van der Waals surface area contributed by atoms with Crippen LogP contribution in [0.4, 0.5) is 5.00 Å². The van der Waals surface area contributed by atoms with Crippen LogP contribution in [0.2, 0.25) is 0 Å². The maximum atomic E-state index is 12.8. The third-order valence-corrected chi connectivity index (χ3v) is 8.22. The van der Waals surface area contributed by atoms with E-state index < -0.39 is 0 Å². The summed E-state index contributed by atoms with van der Waals surface area (Å²) in [7, 11) is 0. The quantitative estimate of drug-likeness (QED) is 0.326. The molecule has 2 aromatic carbocycles. The van der Waals surface area contributed by atoms with E-state index in [1.807, 2.05) is 36.4 Å². The Hall–Kier alpha value is -3.41. The van der Waals surface area contributed by atoms with Crippen molar-refractivity contribution >= 4 is 34.0 Å². The van der Waals surface area contributed by atoms with Crippen LogP contribution in [-0.2, 0) is 30.6 Å². The van der Waals surface area contributed by atoms with Gasteiger partial charge in [0.25, 0.3) is 0 Å². The van der Waals surface area contributed by atoms with Crippen molar-refractivity contribution in [2.75, 3.05) is 11.1 Å². The minimum absolute atomic E-state index is 0.135. The summed E-state index contributed by atoms with van der Waals surface area (Å²) in [5.41, 5.74) is 4.07. The fourth-order valence-corrected chi connectivity index (χ4v) is 6.34. The fourth-order valence-electron chi connectivity index (χ4n) is 4.32. The molecule has 0 atom stereocenters. The van der Waals surface area contributed by atoms with Gasteiger partial charge in [0, 0.05) is 11.3 Å². The average Bonchev–Trinajstić information content (AvgIpc) is 3.43. The van der Waals surface area contributed by atoms with Crippen molar-refractivity contribution in [2.24, 2.45) is 0 Å². The van der Waals surface area contributed by atoms with Crippen LogP contribution in [0.5, 0.6) is 0 Å². The molecule has 0 spiro atoms. The Kier molecular flexibility index (Phi) is 7.26. The molecule has 0 unspecified atom stereocenters. The number of thioether (sulfide) groups is 1. The second-order valence-electron chi connectivity index (χ2n) is 8.50. The molecular weight excluding hydrogens is 474 g/mol. The number of rotatable bonds is 8. The maximum absolute atomic E-state index is 12.8. The Morgan fingerprint density at radius 2 is 1.74 bits per heavy atom. The third kappa shape index (κ3) is 5.47. The summed E-state index contributed by atoms with van der Waals surface area (Å²) in [6.07, 6.45) is 4.83. The number of aryl methyl sites for hydroxylation is 1. The van der Waals surface area contributed by atoms with E-state index in [-0.39, 0.29) is 11.7 Å². The number of amides is 1. The number of hydrogen-bond donors (Lipinski definition) is 1. The topological polar surface area (TPSA) is 83.6 Å². The van der Waals surface area contributed by atoms with Gasteiger partial charge in [0.05, 0.1) is 17.9 Å². The molecule has 0 radical (unpaired) electrons. The lowest BCUT2D eigenvalue weighted by Gasteiger charge is -2.11. The summed E-state index contributed by atoms with van der Waals surface area (Å²) in [5, 5.41) is 22.9. The molecule has 0 saturated heterocycles. The molecule has 4 aromatic rings. The molecule has 1 N–H and O–H groups in total. The first-order chi connectivity index (χ1) is 17.2. The van der Waals surface area contributed by atoms with Crippen LogP contribution < -0.4 is 5.32 Å². The highest BCUT2D eigenvalue weighted by atomic mass is 32.2. The molecule has 8 heteroatoms. The molecule has 35 heavy (non-hydrogen) atoms. The molecule has 0 fully saturated rings. The summed E-state index contributed by atoms with van der Waals surface area (Å²) in [6.45, 7) is 0.635. The van der Waals surface area contributed by atoms with E-state index in [0.717, 1.165) is 48.2 Å². The number of hydrogen-bond acceptors (Lipinski definition) is 6. The van der Waals surface area contributed by atoms with Crippen LogP contribution in [0.15, 0.2) is 65.8 Å². The zero-order valence-corrected chi connectivity index (χ0v) is 20.9. The predicted molar refractivity (Wildman–Crippen MR) is 140 cm³/mol. The van der Waals surface area contributed by atoms with Crippen LogP contribution in [-0.4, -0.2) is 26.4 Å². The van der Waals surface area contributed by atoms with Crippen LogP contribution in [0.1, 0.15) is 45.8 Å². The van der Waals surface area contributed by atoms with E-state index in [9.17, 15) is 10.1 Å². The Morgan fingerprint density at radius 3 is 2.49 bits per heavy atom. The molecule has 1 amide bonds. The molecule has 2 heterocycles. The van der Waals surface area contributed by atoms with Crippen molar-refractivity contribution in [1.82, 2.24) is 14.8 Å². The third-order valence-electron chi connectivity index (χ3n) is 6.05. The van der Waals surface area contributed by atoms with E-state index in [1.165, 1.54) is 16.6 Å². The predicted octanol–water partition coefficient (Wildman–Crippen LogP) is 5.46. The van der Waals surface area contributed by atoms with Crippen molar-refractivity contribution in [3.05, 3.63) is 93.6 Å². The average molecular weight is 500 g/mol. The Morgan fingerprint density at radius 1 is 1.03 bits per heavy atom.